The standard InChI is InChI=1S/C13H20O3S/c1-11(14)12(2)17(15,16)10-6-9-13-7-4-3-5-8-13/h3-5,7-8,11-12,14H,6,9-10H2,1-2H3/t11-,12+/m0/s1. The van der Waals surface area contributed by atoms with Gasteiger partial charge in [-0.05, 0) is 32.3 Å². The van der Waals surface area contributed by atoms with E-state index in [1.165, 1.54) is 6.92 Å². The molecule has 17 heavy (non-hydrogen) atoms. The second-order valence-electron chi connectivity index (χ2n) is 4.40. The average Bonchev–Trinajstić information content (AvgIpc) is 2.29. The molecule has 0 aliphatic rings. The van der Waals surface area contributed by atoms with Crippen molar-refractivity contribution in [2.75, 3.05) is 5.75 Å². The lowest BCUT2D eigenvalue weighted by atomic mass is 10.1. The predicted molar refractivity (Wildman–Crippen MR) is 69.7 cm³/mol. The summed E-state index contributed by atoms with van der Waals surface area (Å²) < 4.78 is 23.6. The first-order chi connectivity index (χ1) is 7.93. The molecule has 2 atom stereocenters. The zero-order chi connectivity index (χ0) is 12.9. The van der Waals surface area contributed by atoms with E-state index in [1.807, 2.05) is 30.3 Å². The largest absolute Gasteiger partial charge is 0.392 e. The minimum atomic E-state index is -3.18. The van der Waals surface area contributed by atoms with E-state index in [-0.39, 0.29) is 5.75 Å². The molecule has 96 valence electrons. The lowest BCUT2D eigenvalue weighted by molar-refractivity contribution is 0.193. The van der Waals surface area contributed by atoms with Gasteiger partial charge in [0.25, 0.3) is 0 Å². The van der Waals surface area contributed by atoms with Crippen LogP contribution >= 0.6 is 0 Å². The third-order valence-corrected chi connectivity index (χ3v) is 5.37. The molecule has 0 fully saturated rings. The highest BCUT2D eigenvalue weighted by atomic mass is 32.2. The number of hydrogen-bond donors (Lipinski definition) is 1. The lowest BCUT2D eigenvalue weighted by Gasteiger charge is -2.15. The zero-order valence-corrected chi connectivity index (χ0v) is 11.2. The first kappa shape index (κ1) is 14.2. The van der Waals surface area contributed by atoms with Crippen molar-refractivity contribution in [2.24, 2.45) is 0 Å². The summed E-state index contributed by atoms with van der Waals surface area (Å²) in [5.41, 5.74) is 1.15. The molecule has 0 unspecified atom stereocenters. The molecule has 0 radical (unpaired) electrons. The minimum Gasteiger partial charge on any atom is -0.392 e. The normalized spacial score (nSPS) is 15.5. The highest BCUT2D eigenvalue weighted by Gasteiger charge is 2.24. The van der Waals surface area contributed by atoms with Crippen molar-refractivity contribution in [3.63, 3.8) is 0 Å². The molecule has 0 heterocycles. The van der Waals surface area contributed by atoms with Gasteiger partial charge in [-0.15, -0.1) is 0 Å². The molecular formula is C13H20O3S. The molecule has 0 aromatic heterocycles. The Morgan fingerprint density at radius 2 is 1.76 bits per heavy atom. The molecule has 0 saturated heterocycles. The van der Waals surface area contributed by atoms with E-state index < -0.39 is 21.2 Å². The van der Waals surface area contributed by atoms with Gasteiger partial charge >= 0.3 is 0 Å². The predicted octanol–water partition coefficient (Wildman–Crippen LogP) is 1.80. The summed E-state index contributed by atoms with van der Waals surface area (Å²) >= 11 is 0. The molecule has 1 N–H and O–H groups in total. The van der Waals surface area contributed by atoms with Crippen LogP contribution in [-0.2, 0) is 16.3 Å². The number of aliphatic hydroxyl groups excluding tert-OH is 1. The lowest BCUT2D eigenvalue weighted by Crippen LogP contribution is -2.31. The van der Waals surface area contributed by atoms with Crippen LogP contribution < -0.4 is 0 Å². The van der Waals surface area contributed by atoms with E-state index in [0.717, 1.165) is 12.0 Å². The van der Waals surface area contributed by atoms with Gasteiger partial charge in [-0.25, -0.2) is 8.42 Å². The van der Waals surface area contributed by atoms with Crippen molar-refractivity contribution in [1.29, 1.82) is 0 Å². The van der Waals surface area contributed by atoms with Gasteiger partial charge in [-0.3, -0.25) is 0 Å². The summed E-state index contributed by atoms with van der Waals surface area (Å²) in [7, 11) is -3.18. The third-order valence-electron chi connectivity index (χ3n) is 2.98. The second kappa shape index (κ2) is 6.17. The van der Waals surface area contributed by atoms with Crippen LogP contribution in [0.2, 0.25) is 0 Å². The number of aliphatic hydroxyl groups is 1. The van der Waals surface area contributed by atoms with Crippen molar-refractivity contribution in [3.05, 3.63) is 35.9 Å². The van der Waals surface area contributed by atoms with Gasteiger partial charge in [0, 0.05) is 0 Å². The summed E-state index contributed by atoms with van der Waals surface area (Å²) in [6.45, 7) is 3.07. The Hall–Kier alpha value is -0.870. The Kier molecular flexibility index (Phi) is 5.15. The van der Waals surface area contributed by atoms with E-state index >= 15 is 0 Å². The molecule has 0 aliphatic heterocycles. The maximum Gasteiger partial charge on any atom is 0.155 e. The van der Waals surface area contributed by atoms with E-state index in [4.69, 9.17) is 0 Å². The SMILES string of the molecule is C[C@H](O)[C@@H](C)S(=O)(=O)CCCc1ccccc1. The van der Waals surface area contributed by atoms with Crippen LogP contribution in [0.4, 0.5) is 0 Å². The molecule has 1 aromatic rings. The highest BCUT2D eigenvalue weighted by molar-refractivity contribution is 7.92. The van der Waals surface area contributed by atoms with E-state index in [2.05, 4.69) is 0 Å². The number of sulfone groups is 1. The number of rotatable bonds is 6. The fraction of sp³-hybridized carbons (Fsp3) is 0.538. The molecule has 0 spiro atoms. The summed E-state index contributed by atoms with van der Waals surface area (Å²) in [5.74, 6) is 0.133. The topological polar surface area (TPSA) is 54.4 Å². The summed E-state index contributed by atoms with van der Waals surface area (Å²) in [5, 5.41) is 8.61. The summed E-state index contributed by atoms with van der Waals surface area (Å²) in [6, 6.07) is 9.82. The van der Waals surface area contributed by atoms with Crippen LogP contribution in [-0.4, -0.2) is 30.6 Å². The van der Waals surface area contributed by atoms with Gasteiger partial charge in [0.05, 0.1) is 17.1 Å². The van der Waals surface area contributed by atoms with Gasteiger partial charge in [0.2, 0.25) is 0 Å². The minimum absolute atomic E-state index is 0.133. The quantitative estimate of drug-likeness (QED) is 0.844. The van der Waals surface area contributed by atoms with Crippen LogP contribution in [0.15, 0.2) is 30.3 Å². The summed E-state index contributed by atoms with van der Waals surface area (Å²) in [6.07, 6.45) is 0.549. The Bertz CT molecular complexity index is 423. The first-order valence-electron chi connectivity index (χ1n) is 5.87. The van der Waals surface area contributed by atoms with E-state index in [1.54, 1.807) is 6.92 Å². The van der Waals surface area contributed by atoms with Crippen LogP contribution in [0.1, 0.15) is 25.8 Å². The fourth-order valence-corrected chi connectivity index (χ4v) is 3.13. The van der Waals surface area contributed by atoms with Crippen molar-refractivity contribution in [2.45, 2.75) is 38.0 Å². The number of aryl methyl sites for hydroxylation is 1. The van der Waals surface area contributed by atoms with Gasteiger partial charge in [-0.2, -0.15) is 0 Å². The molecule has 3 nitrogen and oxygen atoms in total. The molecule has 0 amide bonds. The number of hydrogen-bond acceptors (Lipinski definition) is 3. The third kappa shape index (κ3) is 4.48. The highest BCUT2D eigenvalue weighted by Crippen LogP contribution is 2.10. The van der Waals surface area contributed by atoms with Crippen molar-refractivity contribution >= 4 is 9.84 Å². The van der Waals surface area contributed by atoms with Gasteiger partial charge < -0.3 is 5.11 Å². The molecule has 0 bridgehead atoms. The molecule has 4 heteroatoms. The fourth-order valence-electron chi connectivity index (χ4n) is 1.61. The Morgan fingerprint density at radius 1 is 1.18 bits per heavy atom. The monoisotopic (exact) mass is 256 g/mol. The van der Waals surface area contributed by atoms with Crippen molar-refractivity contribution in [1.82, 2.24) is 0 Å². The molecule has 0 saturated carbocycles. The van der Waals surface area contributed by atoms with Crippen LogP contribution in [0.5, 0.6) is 0 Å². The maximum absolute atomic E-state index is 11.8. The molecule has 0 aliphatic carbocycles. The molecule has 1 rings (SSSR count). The summed E-state index contributed by atoms with van der Waals surface area (Å²) in [4.78, 5) is 0. The van der Waals surface area contributed by atoms with Gasteiger partial charge in [-0.1, -0.05) is 30.3 Å². The second-order valence-corrected chi connectivity index (χ2v) is 6.88. The Balaban J connectivity index is 2.46. The van der Waals surface area contributed by atoms with Crippen LogP contribution in [0, 0.1) is 0 Å². The van der Waals surface area contributed by atoms with Crippen molar-refractivity contribution < 1.29 is 13.5 Å². The van der Waals surface area contributed by atoms with Crippen LogP contribution in [0.25, 0.3) is 0 Å². The average molecular weight is 256 g/mol. The van der Waals surface area contributed by atoms with Crippen LogP contribution in [0.3, 0.4) is 0 Å². The van der Waals surface area contributed by atoms with Crippen molar-refractivity contribution in [3.8, 4) is 0 Å². The zero-order valence-electron chi connectivity index (χ0n) is 10.3. The Labute approximate surface area is 103 Å². The Morgan fingerprint density at radius 3 is 2.29 bits per heavy atom. The first-order valence-corrected chi connectivity index (χ1v) is 7.58. The number of benzene rings is 1. The molecule has 1 aromatic carbocycles. The maximum atomic E-state index is 11.8. The molecular weight excluding hydrogens is 236 g/mol. The van der Waals surface area contributed by atoms with Gasteiger partial charge in [0.15, 0.2) is 9.84 Å². The van der Waals surface area contributed by atoms with Gasteiger partial charge in [0.1, 0.15) is 0 Å². The van der Waals surface area contributed by atoms with E-state index in [9.17, 15) is 13.5 Å². The van der Waals surface area contributed by atoms with E-state index in [0.29, 0.717) is 6.42 Å². The smallest absolute Gasteiger partial charge is 0.155 e.